The Morgan fingerprint density at radius 1 is 0.391 bits per heavy atom. The first kappa shape index (κ1) is 72.3. The second kappa shape index (κ2) is 36.3. The molecule has 0 aliphatic heterocycles. The van der Waals surface area contributed by atoms with Crippen LogP contribution in [0.3, 0.4) is 0 Å². The van der Waals surface area contributed by atoms with Crippen LogP contribution in [0, 0.1) is 0 Å². The summed E-state index contributed by atoms with van der Waals surface area (Å²) in [6.45, 7) is 37.3. The molecule has 0 fully saturated rings. The van der Waals surface area contributed by atoms with E-state index in [0.29, 0.717) is 32.5 Å². The maximum Gasteiger partial charge on any atom is 0.313 e. The summed E-state index contributed by atoms with van der Waals surface area (Å²) in [5.74, 6) is -0.363. The van der Waals surface area contributed by atoms with Gasteiger partial charge in [-0.25, -0.2) is 0 Å². The van der Waals surface area contributed by atoms with Gasteiger partial charge in [0, 0.05) is 0 Å². The van der Waals surface area contributed by atoms with Crippen LogP contribution in [0.5, 0.6) is 0 Å². The molecule has 0 spiro atoms. The summed E-state index contributed by atoms with van der Waals surface area (Å²) < 4.78 is 26.4. The Kier molecular flexibility index (Phi) is 30.2. The molecule has 12 heteroatoms. The van der Waals surface area contributed by atoms with Crippen LogP contribution in [0.1, 0.15) is 195 Å². The van der Waals surface area contributed by atoms with E-state index in [2.05, 4.69) is 145 Å². The molecule has 0 aromatic heterocycles. The maximum absolute atomic E-state index is 12.6. The van der Waals surface area contributed by atoms with E-state index in [1.54, 1.807) is 0 Å². The smallest absolute Gasteiger partial charge is 0.313 e. The van der Waals surface area contributed by atoms with Crippen LogP contribution in [-0.4, -0.2) is 174 Å². The molecule has 0 amide bonds. The highest BCUT2D eigenvalue weighted by Crippen LogP contribution is 2.37. The second-order valence-electron chi connectivity index (χ2n) is 26.3. The van der Waals surface area contributed by atoms with E-state index in [9.17, 15) is 19.2 Å². The average molecular weight is 1200 g/mol. The Bertz CT molecular complexity index is 2710. The largest absolute Gasteiger partial charge is 0.459 e. The molecule has 0 radical (unpaired) electrons. The summed E-state index contributed by atoms with van der Waals surface area (Å²) >= 11 is 0. The molecule has 4 aliphatic carbocycles. The molecule has 8 rings (SSSR count). The van der Waals surface area contributed by atoms with E-state index in [4.69, 9.17) is 18.9 Å². The van der Waals surface area contributed by atoms with Crippen molar-refractivity contribution in [3.05, 3.63) is 142 Å². The van der Waals surface area contributed by atoms with Gasteiger partial charge in [0.15, 0.2) is 0 Å². The minimum absolute atomic E-state index is 0.0267. The number of hydrogen-bond donors (Lipinski definition) is 0. The van der Waals surface area contributed by atoms with Crippen molar-refractivity contribution >= 4 is 23.9 Å². The molecule has 4 aromatic carbocycles. The third-order valence-electron chi connectivity index (χ3n) is 20.3. The van der Waals surface area contributed by atoms with E-state index in [-0.39, 0.29) is 47.5 Å². The van der Waals surface area contributed by atoms with Crippen LogP contribution in [0.2, 0.25) is 0 Å². The Labute approximate surface area is 527 Å². The first-order chi connectivity index (χ1) is 41.9. The van der Waals surface area contributed by atoms with Crippen molar-refractivity contribution in [1.82, 2.24) is 0 Å². The lowest BCUT2D eigenvalue weighted by Crippen LogP contribution is -2.56. The average Bonchev–Trinajstić information content (AvgIpc) is 3.80. The van der Waals surface area contributed by atoms with Gasteiger partial charge in [0.05, 0.1) is 103 Å². The van der Waals surface area contributed by atoms with Gasteiger partial charge in [0.1, 0.15) is 52.6 Å². The van der Waals surface area contributed by atoms with E-state index in [1.807, 2.05) is 42.5 Å². The highest BCUT2D eigenvalue weighted by molar-refractivity contribution is 5.81. The van der Waals surface area contributed by atoms with Crippen molar-refractivity contribution in [2.75, 3.05) is 126 Å². The highest BCUT2D eigenvalue weighted by Gasteiger charge is 2.36. The molecule has 482 valence electrons. The number of ether oxygens (including phenoxy) is 4. The van der Waals surface area contributed by atoms with E-state index < -0.39 is 0 Å². The Balaban J connectivity index is 0.000000213. The topological polar surface area (TPSA) is 105 Å². The summed E-state index contributed by atoms with van der Waals surface area (Å²) in [6, 6.07) is 33.6. The zero-order chi connectivity index (χ0) is 63.5. The summed E-state index contributed by atoms with van der Waals surface area (Å²) in [4.78, 5) is 49.5. The number of carbonyl (C=O) groups is 4. The Morgan fingerprint density at radius 3 is 1.01 bits per heavy atom. The lowest BCUT2D eigenvalue weighted by Gasteiger charge is -2.42. The van der Waals surface area contributed by atoms with Gasteiger partial charge >= 0.3 is 23.9 Å². The van der Waals surface area contributed by atoms with Gasteiger partial charge in [-0.1, -0.05) is 131 Å². The molecule has 12 nitrogen and oxygen atoms in total. The van der Waals surface area contributed by atoms with Gasteiger partial charge in [-0.15, -0.1) is 0 Å². The normalized spacial score (nSPS) is 18.9. The van der Waals surface area contributed by atoms with E-state index in [1.165, 1.54) is 77.7 Å². The number of carbonyl (C=O) groups excluding carboxylic acids is 4. The van der Waals surface area contributed by atoms with Crippen LogP contribution >= 0.6 is 0 Å². The number of nitrogens with zero attached hydrogens (tertiary/aromatic N) is 4. The molecule has 0 heterocycles. The molecular weight excluding hydrogens is 1080 g/mol. The molecule has 4 aliphatic rings. The van der Waals surface area contributed by atoms with Crippen molar-refractivity contribution in [2.24, 2.45) is 0 Å². The number of hydrogen-bond acceptors (Lipinski definition) is 8. The number of rotatable bonds is 30. The molecule has 0 saturated heterocycles. The molecule has 4 aromatic rings. The SMILES string of the molecule is CCCC[N+](CC)(CCC)CCOC(=O)C1CCc2ccccc21.CCC[N+](CC)(CCOC(=O)C1CCc2ccccc21)C(C)CC.CC[N+](CC)(CC)CCOC(=O)C1CCc2ccccc21.C[N+](C)(C)CCOC(=O)C1CCc2ccccc21. The Hall–Kier alpha value is -5.40. The molecule has 87 heavy (non-hydrogen) atoms. The van der Waals surface area contributed by atoms with E-state index >= 15 is 0 Å². The van der Waals surface area contributed by atoms with Crippen LogP contribution in [0.15, 0.2) is 97.1 Å². The van der Waals surface area contributed by atoms with Gasteiger partial charge in [-0.2, -0.15) is 0 Å². The fourth-order valence-corrected chi connectivity index (χ4v) is 14.0. The van der Waals surface area contributed by atoms with Gasteiger partial charge < -0.3 is 36.9 Å². The monoisotopic (exact) mass is 1200 g/mol. The van der Waals surface area contributed by atoms with Crippen molar-refractivity contribution in [3.8, 4) is 0 Å². The van der Waals surface area contributed by atoms with Crippen LogP contribution in [0.25, 0.3) is 0 Å². The Morgan fingerprint density at radius 2 is 0.713 bits per heavy atom. The number of aryl methyl sites for hydroxylation is 4. The number of unbranched alkanes of at least 4 members (excludes halogenated alkanes) is 1. The fraction of sp³-hybridized carbons (Fsp3) is 0.627. The predicted molar refractivity (Wildman–Crippen MR) is 355 cm³/mol. The lowest BCUT2D eigenvalue weighted by molar-refractivity contribution is -0.948. The summed E-state index contributed by atoms with van der Waals surface area (Å²) in [6.07, 6.45) is 13.5. The highest BCUT2D eigenvalue weighted by atomic mass is 16.5. The lowest BCUT2D eigenvalue weighted by atomic mass is 10.0. The molecule has 7 atom stereocenters. The van der Waals surface area contributed by atoms with Crippen molar-refractivity contribution in [3.63, 3.8) is 0 Å². The van der Waals surface area contributed by atoms with Crippen molar-refractivity contribution in [2.45, 2.75) is 182 Å². The molecule has 0 saturated carbocycles. The van der Waals surface area contributed by atoms with Crippen molar-refractivity contribution in [1.29, 1.82) is 0 Å². The van der Waals surface area contributed by atoms with Gasteiger partial charge in [-0.05, 0) is 163 Å². The molecule has 7 unspecified atom stereocenters. The van der Waals surface area contributed by atoms with Gasteiger partial charge in [0.25, 0.3) is 0 Å². The van der Waals surface area contributed by atoms with Gasteiger partial charge in [-0.3, -0.25) is 19.2 Å². The van der Waals surface area contributed by atoms with Gasteiger partial charge in [0.2, 0.25) is 0 Å². The summed E-state index contributed by atoms with van der Waals surface area (Å²) in [5.41, 5.74) is 9.91. The fourth-order valence-electron chi connectivity index (χ4n) is 14.0. The number of likely N-dealkylation sites (N-methyl/N-ethyl adjacent to an activating group) is 4. The maximum atomic E-state index is 12.6. The zero-order valence-corrected chi connectivity index (χ0v) is 56.7. The number of esters is 4. The third kappa shape index (κ3) is 20.8. The zero-order valence-electron chi connectivity index (χ0n) is 56.7. The first-order valence-corrected chi connectivity index (χ1v) is 34.2. The van der Waals surface area contributed by atoms with Crippen LogP contribution in [0.4, 0.5) is 0 Å². The second-order valence-corrected chi connectivity index (χ2v) is 26.3. The predicted octanol–water partition coefficient (Wildman–Crippen LogP) is 13.7. The number of fused-ring (bicyclic) bond motifs is 4. The number of benzene rings is 4. The van der Waals surface area contributed by atoms with E-state index in [0.717, 1.165) is 147 Å². The number of quaternary nitrogens is 4. The third-order valence-corrected chi connectivity index (χ3v) is 20.3. The molecule has 0 bridgehead atoms. The van der Waals surface area contributed by atoms with Crippen LogP contribution < -0.4 is 0 Å². The molecular formula is C75H118N4O8+4. The minimum Gasteiger partial charge on any atom is -0.459 e. The minimum atomic E-state index is -0.0617. The summed E-state index contributed by atoms with van der Waals surface area (Å²) in [7, 11) is 6.29. The molecule has 0 N–H and O–H groups in total. The summed E-state index contributed by atoms with van der Waals surface area (Å²) in [5, 5.41) is 0. The first-order valence-electron chi connectivity index (χ1n) is 34.2. The van der Waals surface area contributed by atoms with Crippen LogP contribution in [-0.2, 0) is 63.8 Å². The quantitative estimate of drug-likeness (QED) is 0.0289. The standard InChI is InChI=1S/2C21H34NO2.C18H28NO2.C15H22NO2/c1-5-14-22(7-3,17(4)6-2)15-16-24-21(23)20-13-12-18-10-8-9-11-19(18)20;1-4-7-15-22(6-3,14-5-2)16-17-24-21(23)20-13-12-18-10-8-9-11-19(18)20;1-4-19(5-2,6-3)13-14-21-18(20)17-12-11-15-9-7-8-10-16(15)17;1-16(2,3)10-11-18-15(17)14-9-8-12-6-4-5-7-13(12)14/h8-11,17,20H,5-7,12-16H2,1-4H3;8-11,20H,4-7,12-17H2,1-3H3;7-10,17H,4-6,11-14H2,1-3H3;4-7,14H,8-11H2,1-3H3/q4*+1. The van der Waals surface area contributed by atoms with Crippen molar-refractivity contribution < 1.29 is 56.1 Å².